The third-order valence-corrected chi connectivity index (χ3v) is 3.62. The van der Waals surface area contributed by atoms with E-state index in [4.69, 9.17) is 11.6 Å². The van der Waals surface area contributed by atoms with Crippen LogP contribution in [0, 0.1) is 11.3 Å². The number of aryl methyl sites for hydroxylation is 1. The zero-order valence-corrected chi connectivity index (χ0v) is 11.0. The first kappa shape index (κ1) is 13.3. The van der Waals surface area contributed by atoms with Crippen LogP contribution in [0.4, 0.5) is 0 Å². The summed E-state index contributed by atoms with van der Waals surface area (Å²) < 4.78 is 0. The minimum Gasteiger partial charge on any atom is -0.192 e. The quantitative estimate of drug-likeness (QED) is 0.600. The van der Waals surface area contributed by atoms with Crippen molar-refractivity contribution in [3.63, 3.8) is 0 Å². The van der Waals surface area contributed by atoms with Crippen LogP contribution in [0.3, 0.4) is 0 Å². The highest BCUT2D eigenvalue weighted by molar-refractivity contribution is 7.99. The topological polar surface area (TPSA) is 49.6 Å². The molecule has 0 saturated heterocycles. The van der Waals surface area contributed by atoms with Gasteiger partial charge in [-0.2, -0.15) is 10.4 Å². The van der Waals surface area contributed by atoms with Gasteiger partial charge < -0.3 is 0 Å². The second-order valence-corrected chi connectivity index (χ2v) is 4.62. The summed E-state index contributed by atoms with van der Waals surface area (Å²) in [5.41, 5.74) is 2.62. The van der Waals surface area contributed by atoms with E-state index in [-0.39, 0.29) is 0 Å². The molecule has 0 bridgehead atoms. The number of rotatable bonds is 5. The molecule has 1 heterocycles. The highest BCUT2D eigenvalue weighted by Crippen LogP contribution is 2.24. The lowest BCUT2D eigenvalue weighted by Gasteiger charge is -2.09. The van der Waals surface area contributed by atoms with Gasteiger partial charge in [0.25, 0.3) is 0 Å². The fourth-order valence-electron chi connectivity index (χ4n) is 1.51. The van der Waals surface area contributed by atoms with Gasteiger partial charge in [-0.05, 0) is 18.4 Å². The first-order chi connectivity index (χ1) is 7.78. The predicted octanol–water partition coefficient (Wildman–Crippen LogP) is 2.80. The van der Waals surface area contributed by atoms with Gasteiger partial charge in [-0.1, -0.05) is 13.8 Å². The van der Waals surface area contributed by atoms with E-state index in [0.717, 1.165) is 29.9 Å². The van der Waals surface area contributed by atoms with E-state index < -0.39 is 0 Å². The fraction of sp³-hybridized carbons (Fsp3) is 0.545. The van der Waals surface area contributed by atoms with Crippen LogP contribution in [0.2, 0.25) is 0 Å². The smallest absolute Gasteiger partial charge is 0.137 e. The summed E-state index contributed by atoms with van der Waals surface area (Å²) in [6.45, 7) is 4.06. The maximum absolute atomic E-state index is 9.19. The lowest BCUT2D eigenvalue weighted by molar-refractivity contribution is 0.818. The summed E-state index contributed by atoms with van der Waals surface area (Å²) in [5.74, 6) is 1.30. The van der Waals surface area contributed by atoms with Gasteiger partial charge in [-0.25, -0.2) is 0 Å². The monoisotopic (exact) mass is 255 g/mol. The number of alkyl halides is 1. The van der Waals surface area contributed by atoms with E-state index in [1.54, 1.807) is 0 Å². The SMILES string of the molecule is CCc1nnc(SCCCl)c(C#N)c1CC. The van der Waals surface area contributed by atoms with E-state index in [1.165, 1.54) is 11.8 Å². The molecule has 1 aromatic rings. The Labute approximate surface area is 105 Å². The molecule has 5 heteroatoms. The Morgan fingerprint density at radius 1 is 1.31 bits per heavy atom. The minimum atomic E-state index is 0.550. The van der Waals surface area contributed by atoms with Crippen molar-refractivity contribution >= 4 is 23.4 Å². The molecule has 1 aromatic heterocycles. The molecule has 1 rings (SSSR count). The molecule has 0 radical (unpaired) electrons. The van der Waals surface area contributed by atoms with Crippen LogP contribution in [-0.2, 0) is 12.8 Å². The average molecular weight is 256 g/mol. The van der Waals surface area contributed by atoms with Crippen molar-refractivity contribution in [2.24, 2.45) is 0 Å². The van der Waals surface area contributed by atoms with Gasteiger partial charge in [-0.15, -0.1) is 28.5 Å². The van der Waals surface area contributed by atoms with Gasteiger partial charge in [0.05, 0.1) is 11.3 Å². The van der Waals surface area contributed by atoms with Crippen molar-refractivity contribution in [1.29, 1.82) is 5.26 Å². The summed E-state index contributed by atoms with van der Waals surface area (Å²) in [5, 5.41) is 18.2. The molecule has 0 amide bonds. The van der Waals surface area contributed by atoms with Crippen LogP contribution in [0.15, 0.2) is 5.03 Å². The van der Waals surface area contributed by atoms with E-state index in [2.05, 4.69) is 16.3 Å². The molecule has 0 fully saturated rings. The number of nitrogens with zero attached hydrogens (tertiary/aromatic N) is 3. The first-order valence-electron chi connectivity index (χ1n) is 5.25. The van der Waals surface area contributed by atoms with Gasteiger partial charge in [0.15, 0.2) is 0 Å². The highest BCUT2D eigenvalue weighted by Gasteiger charge is 2.14. The molecule has 0 aromatic carbocycles. The number of halogens is 1. The largest absolute Gasteiger partial charge is 0.192 e. The molecular formula is C11H14ClN3S. The Morgan fingerprint density at radius 2 is 2.06 bits per heavy atom. The summed E-state index contributed by atoms with van der Waals surface area (Å²) in [4.78, 5) is 0. The van der Waals surface area contributed by atoms with E-state index >= 15 is 0 Å². The fourth-order valence-corrected chi connectivity index (χ4v) is 2.42. The molecular weight excluding hydrogens is 242 g/mol. The Bertz CT molecular complexity index is 401. The van der Waals surface area contributed by atoms with Gasteiger partial charge in [0.1, 0.15) is 11.1 Å². The van der Waals surface area contributed by atoms with Gasteiger partial charge in [0.2, 0.25) is 0 Å². The van der Waals surface area contributed by atoms with E-state index in [1.807, 2.05) is 13.8 Å². The van der Waals surface area contributed by atoms with Crippen molar-refractivity contribution in [2.45, 2.75) is 31.7 Å². The number of hydrogen-bond acceptors (Lipinski definition) is 4. The van der Waals surface area contributed by atoms with Crippen molar-refractivity contribution in [1.82, 2.24) is 10.2 Å². The molecule has 0 saturated carbocycles. The maximum Gasteiger partial charge on any atom is 0.137 e. The molecule has 0 N–H and O–H groups in total. The van der Waals surface area contributed by atoms with Crippen LogP contribution in [0.25, 0.3) is 0 Å². The number of nitriles is 1. The van der Waals surface area contributed by atoms with E-state index in [0.29, 0.717) is 16.5 Å². The second kappa shape index (κ2) is 6.72. The zero-order chi connectivity index (χ0) is 12.0. The number of aromatic nitrogens is 2. The normalized spacial score (nSPS) is 10.1. The standard InChI is InChI=1S/C11H14ClN3S/c1-3-8-9(7-13)11(16-6-5-12)15-14-10(8)4-2/h3-6H2,1-2H3. The predicted molar refractivity (Wildman–Crippen MR) is 66.9 cm³/mol. The Kier molecular flexibility index (Phi) is 5.58. The Morgan fingerprint density at radius 3 is 2.56 bits per heavy atom. The van der Waals surface area contributed by atoms with Gasteiger partial charge in [-0.3, -0.25) is 0 Å². The van der Waals surface area contributed by atoms with Crippen molar-refractivity contribution in [3.05, 3.63) is 16.8 Å². The molecule has 86 valence electrons. The van der Waals surface area contributed by atoms with E-state index in [9.17, 15) is 5.26 Å². The molecule has 0 unspecified atom stereocenters. The lowest BCUT2D eigenvalue weighted by atomic mass is 10.1. The summed E-state index contributed by atoms with van der Waals surface area (Å²) in [6, 6.07) is 2.23. The number of hydrogen-bond donors (Lipinski definition) is 0. The third-order valence-electron chi connectivity index (χ3n) is 2.24. The van der Waals surface area contributed by atoms with Crippen LogP contribution in [0.1, 0.15) is 30.7 Å². The highest BCUT2D eigenvalue weighted by atomic mass is 35.5. The molecule has 0 aliphatic rings. The first-order valence-corrected chi connectivity index (χ1v) is 6.77. The van der Waals surface area contributed by atoms with Gasteiger partial charge >= 0.3 is 0 Å². The van der Waals surface area contributed by atoms with Crippen molar-refractivity contribution < 1.29 is 0 Å². The second-order valence-electron chi connectivity index (χ2n) is 3.16. The molecule has 0 aliphatic heterocycles. The molecule has 0 aliphatic carbocycles. The summed E-state index contributed by atoms with van der Waals surface area (Å²) >= 11 is 7.12. The number of thioether (sulfide) groups is 1. The average Bonchev–Trinajstić information content (AvgIpc) is 2.34. The Hall–Kier alpha value is -0.790. The van der Waals surface area contributed by atoms with Gasteiger partial charge in [0, 0.05) is 11.6 Å². The van der Waals surface area contributed by atoms with Crippen molar-refractivity contribution in [3.8, 4) is 6.07 Å². The van der Waals surface area contributed by atoms with Crippen LogP contribution in [0.5, 0.6) is 0 Å². The van der Waals surface area contributed by atoms with Crippen LogP contribution >= 0.6 is 23.4 Å². The Balaban J connectivity index is 3.16. The molecule has 16 heavy (non-hydrogen) atoms. The molecule has 0 atom stereocenters. The zero-order valence-electron chi connectivity index (χ0n) is 9.46. The lowest BCUT2D eigenvalue weighted by Crippen LogP contribution is -2.04. The minimum absolute atomic E-state index is 0.550. The molecule has 3 nitrogen and oxygen atoms in total. The van der Waals surface area contributed by atoms with Crippen LogP contribution < -0.4 is 0 Å². The molecule has 0 spiro atoms. The maximum atomic E-state index is 9.19. The van der Waals surface area contributed by atoms with Crippen LogP contribution in [-0.4, -0.2) is 21.8 Å². The third kappa shape index (κ3) is 2.87. The van der Waals surface area contributed by atoms with Crippen molar-refractivity contribution in [2.75, 3.05) is 11.6 Å². The summed E-state index contributed by atoms with van der Waals surface area (Å²) in [6.07, 6.45) is 1.63. The summed E-state index contributed by atoms with van der Waals surface area (Å²) in [7, 11) is 0.